The van der Waals surface area contributed by atoms with E-state index in [-0.39, 0.29) is 0 Å². The lowest BCUT2D eigenvalue weighted by atomic mass is 10.1. The summed E-state index contributed by atoms with van der Waals surface area (Å²) in [6.07, 6.45) is 2.52. The second-order valence-corrected chi connectivity index (χ2v) is 5.96. The van der Waals surface area contributed by atoms with Crippen LogP contribution in [0.4, 0.5) is 17.5 Å². The normalized spacial score (nSPS) is 10.5. The molecule has 6 heteroatoms. The monoisotopic (exact) mass is 353 g/mol. The molecule has 0 saturated heterocycles. The maximum atomic E-state index is 5.91. The van der Waals surface area contributed by atoms with Gasteiger partial charge in [0.2, 0.25) is 0 Å². The highest BCUT2D eigenvalue weighted by Crippen LogP contribution is 2.21. The summed E-state index contributed by atoms with van der Waals surface area (Å²) in [6, 6.07) is 17.9. The minimum Gasteiger partial charge on any atom is -0.368 e. The van der Waals surface area contributed by atoms with E-state index in [1.807, 2.05) is 59.5 Å². The quantitative estimate of drug-likeness (QED) is 0.684. The molecule has 25 heavy (non-hydrogen) atoms. The molecule has 0 fully saturated rings. The van der Waals surface area contributed by atoms with Crippen molar-refractivity contribution < 1.29 is 0 Å². The number of halogens is 1. The van der Waals surface area contributed by atoms with Gasteiger partial charge in [0, 0.05) is 23.8 Å². The zero-order chi connectivity index (χ0) is 17.5. The Morgan fingerprint density at radius 3 is 2.52 bits per heavy atom. The van der Waals surface area contributed by atoms with Gasteiger partial charge >= 0.3 is 0 Å². The average molecular weight is 354 g/mol. The molecule has 1 aromatic heterocycles. The lowest BCUT2D eigenvalue weighted by Crippen LogP contribution is -2.20. The molecule has 0 aliphatic carbocycles. The fourth-order valence-corrected chi connectivity index (χ4v) is 2.65. The fourth-order valence-electron chi connectivity index (χ4n) is 2.53. The molecular weight excluding hydrogens is 334 g/mol. The summed E-state index contributed by atoms with van der Waals surface area (Å²) >= 11 is 5.91. The highest BCUT2D eigenvalue weighted by atomic mass is 35.5. The third kappa shape index (κ3) is 4.67. The van der Waals surface area contributed by atoms with E-state index in [9.17, 15) is 0 Å². The lowest BCUT2D eigenvalue weighted by molar-refractivity contribution is 0.878. The zero-order valence-electron chi connectivity index (χ0n) is 14.1. The van der Waals surface area contributed by atoms with Gasteiger partial charge in [0.1, 0.15) is 0 Å². The number of anilines is 3. The summed E-state index contributed by atoms with van der Waals surface area (Å²) in [5, 5.41) is 12.3. The van der Waals surface area contributed by atoms with Crippen molar-refractivity contribution in [3.63, 3.8) is 0 Å². The van der Waals surface area contributed by atoms with Gasteiger partial charge in [-0.1, -0.05) is 41.9 Å². The Morgan fingerprint density at radius 2 is 1.80 bits per heavy atom. The summed E-state index contributed by atoms with van der Waals surface area (Å²) < 4.78 is 0. The summed E-state index contributed by atoms with van der Waals surface area (Å²) in [5.41, 5.74) is 2.27. The van der Waals surface area contributed by atoms with Crippen LogP contribution < -0.4 is 10.2 Å². The van der Waals surface area contributed by atoms with Crippen molar-refractivity contribution >= 4 is 29.1 Å². The van der Waals surface area contributed by atoms with Crippen molar-refractivity contribution in [3.8, 4) is 0 Å². The van der Waals surface area contributed by atoms with Gasteiger partial charge in [-0.2, -0.15) is 10.1 Å². The summed E-state index contributed by atoms with van der Waals surface area (Å²) in [7, 11) is 0. The molecule has 0 bridgehead atoms. The third-order valence-electron chi connectivity index (χ3n) is 3.81. The van der Waals surface area contributed by atoms with Gasteiger partial charge < -0.3 is 10.2 Å². The number of aromatic nitrogens is 3. The van der Waals surface area contributed by atoms with Gasteiger partial charge in [-0.25, -0.2) is 0 Å². The predicted octanol–water partition coefficient (Wildman–Crippen LogP) is 4.34. The lowest BCUT2D eigenvalue weighted by Gasteiger charge is -2.20. The molecule has 0 unspecified atom stereocenters. The van der Waals surface area contributed by atoms with Crippen molar-refractivity contribution in [2.75, 3.05) is 23.3 Å². The van der Waals surface area contributed by atoms with Crippen molar-refractivity contribution in [2.24, 2.45) is 0 Å². The van der Waals surface area contributed by atoms with Crippen LogP contribution in [0.5, 0.6) is 0 Å². The van der Waals surface area contributed by atoms with E-state index in [1.165, 1.54) is 5.56 Å². The molecule has 1 heterocycles. The van der Waals surface area contributed by atoms with E-state index in [0.717, 1.165) is 30.2 Å². The van der Waals surface area contributed by atoms with Gasteiger partial charge in [-0.05, 0) is 43.2 Å². The van der Waals surface area contributed by atoms with Gasteiger partial charge in [0.25, 0.3) is 5.95 Å². The summed E-state index contributed by atoms with van der Waals surface area (Å²) in [4.78, 5) is 6.61. The number of nitrogens with one attached hydrogen (secondary N) is 1. The fraction of sp³-hybridized carbons (Fsp3) is 0.211. The highest BCUT2D eigenvalue weighted by Gasteiger charge is 2.11. The second kappa shape index (κ2) is 8.44. The van der Waals surface area contributed by atoms with Crippen molar-refractivity contribution in [3.05, 3.63) is 71.4 Å². The number of para-hydroxylation sites is 1. The number of nitrogens with zero attached hydrogens (tertiary/aromatic N) is 4. The maximum Gasteiger partial charge on any atom is 0.251 e. The Hall–Kier alpha value is -2.66. The molecule has 128 valence electrons. The van der Waals surface area contributed by atoms with Crippen molar-refractivity contribution in [2.45, 2.75) is 13.3 Å². The first-order valence-electron chi connectivity index (χ1n) is 8.27. The average Bonchev–Trinajstić information content (AvgIpc) is 2.65. The molecule has 0 aliphatic rings. The number of hydrogen-bond donors (Lipinski definition) is 1. The largest absolute Gasteiger partial charge is 0.368 e. The van der Waals surface area contributed by atoms with Crippen LogP contribution in [0.25, 0.3) is 0 Å². The van der Waals surface area contributed by atoms with Crippen molar-refractivity contribution in [1.29, 1.82) is 0 Å². The van der Waals surface area contributed by atoms with E-state index in [0.29, 0.717) is 11.8 Å². The molecule has 0 atom stereocenters. The highest BCUT2D eigenvalue weighted by molar-refractivity contribution is 6.30. The molecule has 5 nitrogen and oxygen atoms in total. The Kier molecular flexibility index (Phi) is 5.80. The number of rotatable bonds is 7. The van der Waals surface area contributed by atoms with E-state index in [2.05, 4.69) is 27.4 Å². The second-order valence-electron chi connectivity index (χ2n) is 5.52. The molecule has 0 radical (unpaired) electrons. The Bertz CT molecular complexity index is 792. The summed E-state index contributed by atoms with van der Waals surface area (Å²) in [5.74, 6) is 1.30. The van der Waals surface area contributed by atoms with Gasteiger partial charge in [-0.3, -0.25) is 0 Å². The van der Waals surface area contributed by atoms with Crippen LogP contribution in [0.15, 0.2) is 60.8 Å². The molecule has 3 rings (SSSR count). The standard InChI is InChI=1S/C19H20ClN5/c1-2-25(17-6-4-3-5-7-17)19-23-18(14-22-24-19)21-13-12-15-8-10-16(20)11-9-15/h3-11,14H,2,12-13H2,1H3,(H,21,23,24). The Balaban J connectivity index is 1.65. The molecule has 0 saturated carbocycles. The Morgan fingerprint density at radius 1 is 1.04 bits per heavy atom. The van der Waals surface area contributed by atoms with Crippen LogP contribution in [-0.2, 0) is 6.42 Å². The van der Waals surface area contributed by atoms with E-state index in [4.69, 9.17) is 11.6 Å². The summed E-state index contributed by atoms with van der Waals surface area (Å²) in [6.45, 7) is 3.59. The first-order valence-corrected chi connectivity index (χ1v) is 8.64. The first-order chi connectivity index (χ1) is 12.3. The van der Waals surface area contributed by atoms with E-state index in [1.54, 1.807) is 6.20 Å². The Labute approximate surface area is 152 Å². The van der Waals surface area contributed by atoms with Crippen LogP contribution in [-0.4, -0.2) is 28.3 Å². The van der Waals surface area contributed by atoms with E-state index >= 15 is 0 Å². The molecule has 1 N–H and O–H groups in total. The van der Waals surface area contributed by atoms with Gasteiger partial charge in [0.15, 0.2) is 5.82 Å². The van der Waals surface area contributed by atoms with Crippen LogP contribution in [0.1, 0.15) is 12.5 Å². The first kappa shape index (κ1) is 17.2. The molecule has 0 amide bonds. The molecular formula is C19H20ClN5. The molecule has 0 spiro atoms. The predicted molar refractivity (Wildman–Crippen MR) is 103 cm³/mol. The molecule has 0 aliphatic heterocycles. The SMILES string of the molecule is CCN(c1ccccc1)c1nncc(NCCc2ccc(Cl)cc2)n1. The molecule has 3 aromatic rings. The maximum absolute atomic E-state index is 5.91. The van der Waals surface area contributed by atoms with Crippen LogP contribution in [0.2, 0.25) is 5.02 Å². The van der Waals surface area contributed by atoms with Crippen LogP contribution in [0.3, 0.4) is 0 Å². The molecule has 2 aromatic carbocycles. The topological polar surface area (TPSA) is 53.9 Å². The minimum absolute atomic E-state index is 0.588. The van der Waals surface area contributed by atoms with E-state index < -0.39 is 0 Å². The smallest absolute Gasteiger partial charge is 0.251 e. The zero-order valence-corrected chi connectivity index (χ0v) is 14.8. The minimum atomic E-state index is 0.588. The van der Waals surface area contributed by atoms with Gasteiger partial charge in [0.05, 0.1) is 6.20 Å². The van der Waals surface area contributed by atoms with Gasteiger partial charge in [-0.15, -0.1) is 5.10 Å². The third-order valence-corrected chi connectivity index (χ3v) is 4.06. The van der Waals surface area contributed by atoms with Crippen LogP contribution >= 0.6 is 11.6 Å². The van der Waals surface area contributed by atoms with Crippen molar-refractivity contribution in [1.82, 2.24) is 15.2 Å². The van der Waals surface area contributed by atoms with Crippen LogP contribution in [0, 0.1) is 0 Å². The number of hydrogen-bond acceptors (Lipinski definition) is 5. The number of benzene rings is 2.